The van der Waals surface area contributed by atoms with E-state index in [0.717, 1.165) is 17.9 Å². The lowest BCUT2D eigenvalue weighted by molar-refractivity contribution is 0.174. The van der Waals surface area contributed by atoms with Gasteiger partial charge in [0.05, 0.1) is 0 Å². The van der Waals surface area contributed by atoms with E-state index in [9.17, 15) is 0 Å². The van der Waals surface area contributed by atoms with E-state index in [2.05, 4.69) is 30.3 Å². The van der Waals surface area contributed by atoms with Crippen LogP contribution < -0.4 is 15.2 Å². The average molecular weight is 255 g/mol. The molecule has 3 nitrogen and oxygen atoms in total. The second-order valence-electron chi connectivity index (χ2n) is 4.74. The molecule has 2 N–H and O–H groups in total. The SMILES string of the molecule is NCC(Cc1ccccc1)c1ccc2c(c1)OCO2. The predicted octanol–water partition coefficient (Wildman–Crippen LogP) is 2.70. The van der Waals surface area contributed by atoms with Gasteiger partial charge >= 0.3 is 0 Å². The Morgan fingerprint density at radius 2 is 1.79 bits per heavy atom. The maximum atomic E-state index is 5.93. The number of hydrogen-bond donors (Lipinski definition) is 1. The van der Waals surface area contributed by atoms with Gasteiger partial charge in [0.15, 0.2) is 11.5 Å². The van der Waals surface area contributed by atoms with Crippen molar-refractivity contribution in [3.8, 4) is 11.5 Å². The molecule has 0 saturated carbocycles. The molecule has 19 heavy (non-hydrogen) atoms. The average Bonchev–Trinajstić information content (AvgIpc) is 2.93. The van der Waals surface area contributed by atoms with Crippen LogP contribution in [0.1, 0.15) is 17.0 Å². The summed E-state index contributed by atoms with van der Waals surface area (Å²) in [7, 11) is 0. The van der Waals surface area contributed by atoms with Gasteiger partial charge in [-0.15, -0.1) is 0 Å². The number of ether oxygens (including phenoxy) is 2. The molecule has 2 aromatic rings. The summed E-state index contributed by atoms with van der Waals surface area (Å²) in [6.07, 6.45) is 0.941. The Kier molecular flexibility index (Phi) is 3.38. The van der Waals surface area contributed by atoms with E-state index >= 15 is 0 Å². The zero-order valence-electron chi connectivity index (χ0n) is 10.7. The molecule has 1 heterocycles. The van der Waals surface area contributed by atoms with Gasteiger partial charge in [-0.3, -0.25) is 0 Å². The highest BCUT2D eigenvalue weighted by molar-refractivity contribution is 5.45. The Morgan fingerprint density at radius 1 is 1.00 bits per heavy atom. The minimum atomic E-state index is 0.303. The molecule has 98 valence electrons. The van der Waals surface area contributed by atoms with Crippen molar-refractivity contribution in [1.82, 2.24) is 0 Å². The number of nitrogens with two attached hydrogens (primary N) is 1. The maximum Gasteiger partial charge on any atom is 0.231 e. The lowest BCUT2D eigenvalue weighted by atomic mass is 9.92. The molecule has 0 amide bonds. The van der Waals surface area contributed by atoms with Gasteiger partial charge in [-0.05, 0) is 36.2 Å². The first-order valence-electron chi connectivity index (χ1n) is 6.50. The van der Waals surface area contributed by atoms with E-state index in [0.29, 0.717) is 19.3 Å². The summed E-state index contributed by atoms with van der Waals surface area (Å²) in [6, 6.07) is 16.5. The summed E-state index contributed by atoms with van der Waals surface area (Å²) >= 11 is 0. The Hall–Kier alpha value is -2.00. The standard InChI is InChI=1S/C16H17NO2/c17-10-14(8-12-4-2-1-3-5-12)13-6-7-15-16(9-13)19-11-18-15/h1-7,9,14H,8,10-11,17H2. The molecule has 0 saturated heterocycles. The monoisotopic (exact) mass is 255 g/mol. The van der Waals surface area contributed by atoms with Gasteiger partial charge in [0.25, 0.3) is 0 Å². The highest BCUT2D eigenvalue weighted by Gasteiger charge is 2.17. The van der Waals surface area contributed by atoms with Crippen molar-refractivity contribution in [3.63, 3.8) is 0 Å². The number of rotatable bonds is 4. The van der Waals surface area contributed by atoms with Crippen molar-refractivity contribution in [1.29, 1.82) is 0 Å². The van der Waals surface area contributed by atoms with Crippen molar-refractivity contribution < 1.29 is 9.47 Å². The van der Waals surface area contributed by atoms with Crippen LogP contribution in [-0.4, -0.2) is 13.3 Å². The van der Waals surface area contributed by atoms with Crippen LogP contribution in [-0.2, 0) is 6.42 Å². The van der Waals surface area contributed by atoms with Gasteiger partial charge < -0.3 is 15.2 Å². The van der Waals surface area contributed by atoms with E-state index in [-0.39, 0.29) is 0 Å². The first kappa shape index (κ1) is 12.1. The summed E-state index contributed by atoms with van der Waals surface area (Å²) in [6.45, 7) is 0.930. The third-order valence-corrected chi connectivity index (χ3v) is 3.48. The first-order valence-corrected chi connectivity index (χ1v) is 6.50. The van der Waals surface area contributed by atoms with Crippen LogP contribution in [0.25, 0.3) is 0 Å². The Labute approximate surface area is 113 Å². The molecule has 3 heteroatoms. The fourth-order valence-corrected chi connectivity index (χ4v) is 2.40. The summed E-state index contributed by atoms with van der Waals surface area (Å²) < 4.78 is 10.8. The zero-order chi connectivity index (χ0) is 13.1. The fraction of sp³-hybridized carbons (Fsp3) is 0.250. The van der Waals surface area contributed by atoms with Crippen LogP contribution in [0.5, 0.6) is 11.5 Å². The predicted molar refractivity (Wildman–Crippen MR) is 74.5 cm³/mol. The lowest BCUT2D eigenvalue weighted by Gasteiger charge is -2.15. The van der Waals surface area contributed by atoms with Crippen molar-refractivity contribution in [2.75, 3.05) is 13.3 Å². The molecule has 0 radical (unpaired) electrons. The Balaban J connectivity index is 1.82. The molecule has 0 fully saturated rings. The number of hydrogen-bond acceptors (Lipinski definition) is 3. The molecule has 0 bridgehead atoms. The molecule has 0 aliphatic carbocycles. The van der Waals surface area contributed by atoms with Gasteiger partial charge in [0.2, 0.25) is 6.79 Å². The third kappa shape index (κ3) is 2.56. The first-order chi connectivity index (χ1) is 9.36. The van der Waals surface area contributed by atoms with Crippen LogP contribution in [0.3, 0.4) is 0 Å². The molecule has 3 rings (SSSR count). The van der Waals surface area contributed by atoms with E-state index in [4.69, 9.17) is 15.2 Å². The smallest absolute Gasteiger partial charge is 0.231 e. The van der Waals surface area contributed by atoms with E-state index in [1.54, 1.807) is 0 Å². The van der Waals surface area contributed by atoms with Crippen LogP contribution in [0, 0.1) is 0 Å². The molecule has 1 aliphatic heterocycles. The van der Waals surface area contributed by atoms with E-state index in [1.807, 2.05) is 18.2 Å². The molecule has 1 aliphatic rings. The van der Waals surface area contributed by atoms with Gasteiger partial charge in [-0.25, -0.2) is 0 Å². The highest BCUT2D eigenvalue weighted by Crippen LogP contribution is 2.35. The molecule has 1 atom stereocenters. The lowest BCUT2D eigenvalue weighted by Crippen LogP contribution is -2.15. The molecule has 0 spiro atoms. The van der Waals surface area contributed by atoms with Crippen LogP contribution in [0.15, 0.2) is 48.5 Å². The van der Waals surface area contributed by atoms with Gasteiger partial charge in [-0.2, -0.15) is 0 Å². The van der Waals surface area contributed by atoms with Gasteiger partial charge in [0.1, 0.15) is 0 Å². The molecule has 1 unspecified atom stereocenters. The maximum absolute atomic E-state index is 5.93. The summed E-state index contributed by atoms with van der Waals surface area (Å²) in [5.74, 6) is 1.94. The largest absolute Gasteiger partial charge is 0.454 e. The summed E-state index contributed by atoms with van der Waals surface area (Å²) in [5, 5.41) is 0. The normalized spacial score (nSPS) is 14.4. The van der Waals surface area contributed by atoms with E-state index < -0.39 is 0 Å². The van der Waals surface area contributed by atoms with Crippen molar-refractivity contribution in [3.05, 3.63) is 59.7 Å². The molecule has 0 aromatic heterocycles. The van der Waals surface area contributed by atoms with Crippen molar-refractivity contribution in [2.45, 2.75) is 12.3 Å². The number of fused-ring (bicyclic) bond motifs is 1. The Bertz CT molecular complexity index is 554. The molecular weight excluding hydrogens is 238 g/mol. The second kappa shape index (κ2) is 5.33. The van der Waals surface area contributed by atoms with Crippen molar-refractivity contribution >= 4 is 0 Å². The second-order valence-corrected chi connectivity index (χ2v) is 4.74. The Morgan fingerprint density at radius 3 is 2.58 bits per heavy atom. The van der Waals surface area contributed by atoms with Crippen molar-refractivity contribution in [2.24, 2.45) is 5.73 Å². The quantitative estimate of drug-likeness (QED) is 0.913. The van der Waals surface area contributed by atoms with E-state index in [1.165, 1.54) is 11.1 Å². The minimum absolute atomic E-state index is 0.303. The minimum Gasteiger partial charge on any atom is -0.454 e. The summed E-state index contributed by atoms with van der Waals surface area (Å²) in [4.78, 5) is 0. The topological polar surface area (TPSA) is 44.5 Å². The fourth-order valence-electron chi connectivity index (χ4n) is 2.40. The molecular formula is C16H17NO2. The van der Waals surface area contributed by atoms with Gasteiger partial charge in [-0.1, -0.05) is 36.4 Å². The van der Waals surface area contributed by atoms with Crippen LogP contribution in [0.4, 0.5) is 0 Å². The molecule has 2 aromatic carbocycles. The van der Waals surface area contributed by atoms with Crippen LogP contribution in [0.2, 0.25) is 0 Å². The van der Waals surface area contributed by atoms with Gasteiger partial charge in [0, 0.05) is 5.92 Å². The summed E-state index contributed by atoms with van der Waals surface area (Å²) in [5.41, 5.74) is 8.43. The third-order valence-electron chi connectivity index (χ3n) is 3.48. The zero-order valence-corrected chi connectivity index (χ0v) is 10.7. The number of benzene rings is 2. The van der Waals surface area contributed by atoms with Crippen LogP contribution >= 0.6 is 0 Å². The highest BCUT2D eigenvalue weighted by atomic mass is 16.7.